The molecule has 6 nitrogen and oxygen atoms in total. The number of hydrogen-bond acceptors (Lipinski definition) is 6. The van der Waals surface area contributed by atoms with Gasteiger partial charge >= 0.3 is 0 Å². The zero-order chi connectivity index (χ0) is 74.3. The fourth-order valence-electron chi connectivity index (χ4n) is 14.0. The van der Waals surface area contributed by atoms with E-state index in [0.29, 0.717) is 26.4 Å². The largest absolute Gasteiger partial charge is 0.493 e. The van der Waals surface area contributed by atoms with Gasteiger partial charge < -0.3 is 18.9 Å². The van der Waals surface area contributed by atoms with Gasteiger partial charge in [-0.25, -0.2) is 4.98 Å². The summed E-state index contributed by atoms with van der Waals surface area (Å²) in [7, 11) is 0. The Morgan fingerprint density at radius 3 is 0.702 bits per heavy atom. The first-order valence-corrected chi connectivity index (χ1v) is 37.4. The molecule has 536 valence electrons. The maximum atomic E-state index is 6.41. The van der Waals surface area contributed by atoms with Gasteiger partial charge in [0.25, 0.3) is 0 Å². The Bertz CT molecular complexity index is 4330. The Labute approximate surface area is 623 Å². The molecule has 11 aromatic rings. The fraction of sp³-hybridized carbons (Fsp3) is 0.327. The molecule has 0 atom stereocenters. The molecule has 104 heavy (non-hydrogen) atoms. The Hall–Kier alpha value is -9.78. The van der Waals surface area contributed by atoms with E-state index in [1.807, 2.05) is 54.6 Å². The van der Waals surface area contributed by atoms with Crippen LogP contribution in [0.15, 0.2) is 266 Å². The van der Waals surface area contributed by atoms with Crippen LogP contribution in [-0.4, -0.2) is 37.6 Å². The number of ether oxygens (including phenoxy) is 4. The van der Waals surface area contributed by atoms with Gasteiger partial charge in [0.05, 0.1) is 60.5 Å². The van der Waals surface area contributed by atoms with Crippen molar-refractivity contribution in [2.45, 2.75) is 181 Å². The summed E-state index contributed by atoms with van der Waals surface area (Å²) >= 11 is 0. The predicted octanol–water partition coefficient (Wildman–Crippen LogP) is 24.7. The lowest BCUT2D eigenvalue weighted by Gasteiger charge is -2.38. The summed E-state index contributed by atoms with van der Waals surface area (Å²) in [5, 5.41) is 0. The van der Waals surface area contributed by atoms with Crippen molar-refractivity contribution in [3.05, 3.63) is 344 Å². The summed E-state index contributed by atoms with van der Waals surface area (Å²) < 4.78 is 25.2. The highest BCUT2D eigenvalue weighted by atomic mass is 16.5. The fourth-order valence-corrected chi connectivity index (χ4v) is 14.0. The van der Waals surface area contributed by atoms with Crippen molar-refractivity contribution in [2.24, 2.45) is 4.99 Å². The molecule has 6 heteroatoms. The number of aromatic nitrogens is 1. The number of nitrogens with zero attached hydrogens (tertiary/aromatic N) is 2. The average Bonchev–Trinajstić information content (AvgIpc) is 0.734. The maximum absolute atomic E-state index is 6.41. The molecule has 0 amide bonds. The van der Waals surface area contributed by atoms with Gasteiger partial charge in [-0.15, -0.1) is 0 Å². The minimum Gasteiger partial charge on any atom is -0.493 e. The first-order chi connectivity index (χ1) is 49.3. The molecule has 11 rings (SSSR count). The monoisotopic (exact) mass is 1380 g/mol. The molecule has 0 bridgehead atoms. The highest BCUT2D eigenvalue weighted by Crippen LogP contribution is 2.49. The number of pyridine rings is 1. The molecule has 0 saturated carbocycles. The smallest absolute Gasteiger partial charge is 0.119 e. The van der Waals surface area contributed by atoms with Crippen molar-refractivity contribution < 1.29 is 18.9 Å². The van der Waals surface area contributed by atoms with Crippen LogP contribution in [0.5, 0.6) is 23.0 Å². The lowest BCUT2D eigenvalue weighted by Crippen LogP contribution is -2.31. The molecule has 1 heterocycles. The number of benzene rings is 10. The van der Waals surface area contributed by atoms with Crippen molar-refractivity contribution in [3.8, 4) is 34.3 Å². The number of rotatable bonds is 23. The van der Waals surface area contributed by atoms with E-state index < -0.39 is 10.8 Å². The quantitative estimate of drug-likeness (QED) is 0.0363. The second-order valence-corrected chi connectivity index (χ2v) is 34.3. The molecule has 0 aliphatic rings. The van der Waals surface area contributed by atoms with Gasteiger partial charge in [-0.1, -0.05) is 301 Å². The second kappa shape index (κ2) is 30.9. The van der Waals surface area contributed by atoms with E-state index >= 15 is 0 Å². The first kappa shape index (κ1) is 75.4. The summed E-state index contributed by atoms with van der Waals surface area (Å²) in [6, 6.07) is 95.3. The molecule has 0 saturated heterocycles. The third kappa shape index (κ3) is 17.5. The Morgan fingerprint density at radius 1 is 0.250 bits per heavy atom. The van der Waals surface area contributed by atoms with E-state index in [9.17, 15) is 0 Å². The van der Waals surface area contributed by atoms with E-state index in [1.165, 1.54) is 77.9 Å². The third-order valence-corrected chi connectivity index (χ3v) is 20.4. The lowest BCUT2D eigenvalue weighted by molar-refractivity contribution is 0.247. The van der Waals surface area contributed by atoms with Crippen molar-refractivity contribution >= 4 is 11.9 Å². The van der Waals surface area contributed by atoms with Crippen LogP contribution in [0.2, 0.25) is 0 Å². The molecule has 1 aromatic heterocycles. The van der Waals surface area contributed by atoms with Crippen molar-refractivity contribution in [1.82, 2.24) is 4.98 Å². The summed E-state index contributed by atoms with van der Waals surface area (Å²) in [5.41, 5.74) is 19.9. The van der Waals surface area contributed by atoms with Gasteiger partial charge in [0.1, 0.15) is 23.0 Å². The molecule has 0 fully saturated rings. The van der Waals surface area contributed by atoms with Crippen LogP contribution >= 0.6 is 0 Å². The molecular formula is C98H110N2O4. The van der Waals surface area contributed by atoms with E-state index in [0.717, 1.165) is 58.5 Å². The minimum absolute atomic E-state index is 0.0259. The summed E-state index contributed by atoms with van der Waals surface area (Å²) in [6.45, 7) is 43.1. The van der Waals surface area contributed by atoms with Crippen molar-refractivity contribution in [3.63, 3.8) is 0 Å². The molecule has 0 unspecified atom stereocenters. The summed E-state index contributed by atoms with van der Waals surface area (Å²) in [6.07, 6.45) is 3.24. The Morgan fingerprint density at radius 2 is 0.462 bits per heavy atom. The highest BCUT2D eigenvalue weighted by molar-refractivity contribution is 5.81. The average molecular weight is 1380 g/mol. The van der Waals surface area contributed by atoms with Crippen LogP contribution in [0.1, 0.15) is 221 Å². The van der Waals surface area contributed by atoms with Crippen molar-refractivity contribution in [2.75, 3.05) is 26.4 Å². The minimum atomic E-state index is -0.594. The molecule has 0 aliphatic heterocycles. The number of aliphatic imine (C=N–C) groups is 1. The maximum Gasteiger partial charge on any atom is 0.119 e. The SMILES string of the molecule is CC(C)(C)c1ccc(C(c2ccc(OCCCOc3ccc(N=Cc4cccc(-c5ccc(OCCCOc6ccc(C(c7ccc(C(C)(C)C)cc7)(c7ccc(C(C)(C)C)cc7)c7ccc(C(C)(C)C)cc7)cc6)cc5)n4)cc3)cc2)(c2ccc(C(C)(C)C)cc2)c2ccc(C(C)(C)C)cc2)cc1. The molecule has 0 spiro atoms. The van der Waals surface area contributed by atoms with Gasteiger partial charge in [0.15, 0.2) is 0 Å². The standard InChI is InChI=1S/C98H110N2O4/c1-91(2,3)70-26-38-76(39-27-70)97(77-40-28-71(29-41-77)92(4,5)6,78-42-30-72(31-43-78)93(7,8)9)82-50-58-87(59-51-82)102-65-20-64-101-86-56-24-69(25-57-86)90-23-19-22-85(100-90)68-99-84-54-62-89(63-55-84)104-67-21-66-103-88-60-52-83(53-61-88)98(79-44-32-73(33-45-79)94(10,11)12,80-46-34-74(35-47-80)95(13,14)15)81-48-36-75(37-49-81)96(16,17)18/h19,22-63,68H,20-21,64-67H2,1-18H3. The Kier molecular flexibility index (Phi) is 22.4. The summed E-state index contributed by atoms with van der Waals surface area (Å²) in [5.74, 6) is 3.22. The normalized spacial score (nSPS) is 12.7. The van der Waals surface area contributed by atoms with Gasteiger partial charge in [0.2, 0.25) is 0 Å². The third-order valence-electron chi connectivity index (χ3n) is 20.4. The van der Waals surface area contributed by atoms with Crippen LogP contribution in [-0.2, 0) is 43.3 Å². The number of hydrogen-bond donors (Lipinski definition) is 0. The zero-order valence-electron chi connectivity index (χ0n) is 65.2. The van der Waals surface area contributed by atoms with Gasteiger partial charge in [-0.05, 0) is 195 Å². The Balaban J connectivity index is 0.676. The lowest BCUT2D eigenvalue weighted by atomic mass is 9.64. The highest BCUT2D eigenvalue weighted by Gasteiger charge is 2.41. The van der Waals surface area contributed by atoms with Crippen molar-refractivity contribution in [1.29, 1.82) is 0 Å². The topological polar surface area (TPSA) is 62.2 Å². The van der Waals surface area contributed by atoms with E-state index in [2.05, 4.69) is 331 Å². The van der Waals surface area contributed by atoms with E-state index in [4.69, 9.17) is 28.9 Å². The van der Waals surface area contributed by atoms with Crippen LogP contribution in [0.25, 0.3) is 11.3 Å². The van der Waals surface area contributed by atoms with Gasteiger partial charge in [-0.2, -0.15) is 0 Å². The molecule has 0 N–H and O–H groups in total. The molecule has 10 aromatic carbocycles. The van der Waals surface area contributed by atoms with Crippen LogP contribution < -0.4 is 18.9 Å². The predicted molar refractivity (Wildman–Crippen MR) is 436 cm³/mol. The summed E-state index contributed by atoms with van der Waals surface area (Å²) in [4.78, 5) is 9.70. The van der Waals surface area contributed by atoms with Crippen LogP contribution in [0.4, 0.5) is 5.69 Å². The molecule has 0 radical (unpaired) electrons. The van der Waals surface area contributed by atoms with Gasteiger partial charge in [-0.3, -0.25) is 4.99 Å². The molecule has 0 aliphatic carbocycles. The first-order valence-electron chi connectivity index (χ1n) is 37.4. The van der Waals surface area contributed by atoms with Gasteiger partial charge in [0, 0.05) is 18.4 Å². The van der Waals surface area contributed by atoms with Crippen LogP contribution in [0, 0.1) is 0 Å². The van der Waals surface area contributed by atoms with E-state index in [-0.39, 0.29) is 32.5 Å². The molecular weight excluding hydrogens is 1270 g/mol. The zero-order valence-corrected chi connectivity index (χ0v) is 65.2. The second-order valence-electron chi connectivity index (χ2n) is 34.3. The van der Waals surface area contributed by atoms with Crippen LogP contribution in [0.3, 0.4) is 0 Å². The van der Waals surface area contributed by atoms with E-state index in [1.54, 1.807) is 6.21 Å².